The van der Waals surface area contributed by atoms with Gasteiger partial charge in [-0.15, -0.1) is 0 Å². The Morgan fingerprint density at radius 3 is 2.46 bits per heavy atom. The van der Waals surface area contributed by atoms with Crippen LogP contribution in [0.1, 0.15) is 39.3 Å². The third-order valence-corrected chi connectivity index (χ3v) is 6.57. The predicted octanol–water partition coefficient (Wildman–Crippen LogP) is 2.34. The number of carbonyl (C=O) groups excluding carboxylic acids is 3. The average Bonchev–Trinajstić information content (AvgIpc) is 2.85. The van der Waals surface area contributed by atoms with E-state index in [9.17, 15) is 14.4 Å². The number of urea groups is 2. The number of esters is 1. The quantitative estimate of drug-likeness (QED) is 0.509. The highest BCUT2D eigenvalue weighted by molar-refractivity contribution is 5.95. The molecule has 2 N–H and O–H groups in total. The molecule has 2 aliphatic heterocycles. The van der Waals surface area contributed by atoms with E-state index in [1.807, 2.05) is 25.7 Å². The molecule has 0 bridgehead atoms. The molecule has 4 amide bonds. The van der Waals surface area contributed by atoms with Crippen molar-refractivity contribution < 1.29 is 28.6 Å². The van der Waals surface area contributed by atoms with Crippen molar-refractivity contribution in [2.75, 3.05) is 54.1 Å². The zero-order valence-corrected chi connectivity index (χ0v) is 22.8. The van der Waals surface area contributed by atoms with Crippen LogP contribution >= 0.6 is 0 Å². The van der Waals surface area contributed by atoms with Crippen LogP contribution in [0.25, 0.3) is 0 Å². The van der Waals surface area contributed by atoms with Gasteiger partial charge in [-0.05, 0) is 45.4 Å². The normalized spacial score (nSPS) is 20.6. The second-order valence-electron chi connectivity index (χ2n) is 9.52. The summed E-state index contributed by atoms with van der Waals surface area (Å²) < 4.78 is 16.2. The van der Waals surface area contributed by atoms with E-state index in [1.54, 1.807) is 39.3 Å². The van der Waals surface area contributed by atoms with Crippen molar-refractivity contribution in [1.82, 2.24) is 25.3 Å². The van der Waals surface area contributed by atoms with Crippen molar-refractivity contribution >= 4 is 18.0 Å². The first kappa shape index (κ1) is 28.1. The average molecular weight is 518 g/mol. The maximum absolute atomic E-state index is 13.3. The fraction of sp³-hybridized carbons (Fsp3) is 0.577. The monoisotopic (exact) mass is 517 g/mol. The van der Waals surface area contributed by atoms with Gasteiger partial charge in [0.1, 0.15) is 0 Å². The molecule has 1 aromatic rings. The molecule has 37 heavy (non-hydrogen) atoms. The van der Waals surface area contributed by atoms with Crippen molar-refractivity contribution in [2.24, 2.45) is 0 Å². The zero-order chi connectivity index (χ0) is 27.3. The molecule has 0 unspecified atom stereocenters. The van der Waals surface area contributed by atoms with E-state index in [-0.39, 0.29) is 30.8 Å². The van der Waals surface area contributed by atoms with Crippen LogP contribution < -0.4 is 20.1 Å². The SMILES string of the molecule is CCOC(=O)C1=C(CN2CCN(C(=O)NC(C)C)[C@@H](C)C2)N(C)C(=O)N[C@@H]1c1ccc(OC)c(OC)c1. The second kappa shape index (κ2) is 12.2. The standard InChI is InChI=1S/C26H39N5O6/c1-8-37-24(32)22-19(15-30-11-12-31(17(4)14-30)26(34)27-16(2)3)29(5)25(33)28-23(22)18-9-10-20(35-6)21(13-18)36-7/h9-10,13,16-17,23H,8,11-12,14-15H2,1-7H3,(H,27,34)(H,28,33)/t17-,23+/m0/s1. The number of likely N-dealkylation sites (N-methyl/N-ethyl adjacent to an activating group) is 1. The van der Waals surface area contributed by atoms with Gasteiger partial charge < -0.3 is 29.7 Å². The van der Waals surface area contributed by atoms with Gasteiger partial charge in [-0.1, -0.05) is 6.07 Å². The van der Waals surface area contributed by atoms with Gasteiger partial charge in [0.2, 0.25) is 0 Å². The topological polar surface area (TPSA) is 113 Å². The number of benzene rings is 1. The number of amides is 4. The third-order valence-electron chi connectivity index (χ3n) is 6.57. The maximum atomic E-state index is 13.3. The van der Waals surface area contributed by atoms with E-state index in [2.05, 4.69) is 15.5 Å². The molecule has 0 saturated carbocycles. The fourth-order valence-corrected chi connectivity index (χ4v) is 4.70. The van der Waals surface area contributed by atoms with E-state index < -0.39 is 12.0 Å². The lowest BCUT2D eigenvalue weighted by Gasteiger charge is -2.42. The van der Waals surface area contributed by atoms with Crippen molar-refractivity contribution in [3.8, 4) is 11.5 Å². The molecular weight excluding hydrogens is 478 g/mol. The number of carbonyl (C=O) groups is 3. The number of hydrogen-bond acceptors (Lipinski definition) is 7. The molecule has 0 aromatic heterocycles. The van der Waals surface area contributed by atoms with Crippen LogP contribution in [0.2, 0.25) is 0 Å². The molecule has 11 nitrogen and oxygen atoms in total. The summed E-state index contributed by atoms with van der Waals surface area (Å²) in [6, 6.07) is 4.16. The number of rotatable bonds is 8. The number of hydrogen-bond donors (Lipinski definition) is 2. The number of ether oxygens (including phenoxy) is 3. The Morgan fingerprint density at radius 2 is 1.86 bits per heavy atom. The Hall–Kier alpha value is -3.47. The highest BCUT2D eigenvalue weighted by atomic mass is 16.5. The van der Waals surface area contributed by atoms with Crippen molar-refractivity contribution in [3.63, 3.8) is 0 Å². The minimum absolute atomic E-state index is 0.0384. The summed E-state index contributed by atoms with van der Waals surface area (Å²) in [6.07, 6.45) is 0. The van der Waals surface area contributed by atoms with Gasteiger partial charge in [0.05, 0.1) is 32.4 Å². The molecule has 0 radical (unpaired) electrons. The van der Waals surface area contributed by atoms with Crippen molar-refractivity contribution in [1.29, 1.82) is 0 Å². The van der Waals surface area contributed by atoms with Crippen LogP contribution in [0.3, 0.4) is 0 Å². The lowest BCUT2D eigenvalue weighted by Crippen LogP contribution is -2.58. The Bertz CT molecular complexity index is 1040. The fourth-order valence-electron chi connectivity index (χ4n) is 4.70. The zero-order valence-electron chi connectivity index (χ0n) is 22.8. The van der Waals surface area contributed by atoms with Crippen LogP contribution in [0.15, 0.2) is 29.5 Å². The van der Waals surface area contributed by atoms with Crippen LogP contribution in [-0.4, -0.2) is 98.9 Å². The van der Waals surface area contributed by atoms with Gasteiger partial charge >= 0.3 is 18.0 Å². The van der Waals surface area contributed by atoms with Crippen molar-refractivity contribution in [2.45, 2.75) is 45.8 Å². The first-order valence-corrected chi connectivity index (χ1v) is 12.6. The summed E-state index contributed by atoms with van der Waals surface area (Å²) in [5, 5.41) is 5.88. The second-order valence-corrected chi connectivity index (χ2v) is 9.52. The van der Waals surface area contributed by atoms with Crippen LogP contribution in [0, 0.1) is 0 Å². The smallest absolute Gasteiger partial charge is 0.338 e. The summed E-state index contributed by atoms with van der Waals surface area (Å²) in [5.41, 5.74) is 1.60. The third kappa shape index (κ3) is 6.27. The van der Waals surface area contributed by atoms with Crippen LogP contribution in [0.4, 0.5) is 9.59 Å². The van der Waals surface area contributed by atoms with Gasteiger partial charge in [-0.25, -0.2) is 14.4 Å². The molecule has 2 heterocycles. The summed E-state index contributed by atoms with van der Waals surface area (Å²) in [5.74, 6) is 0.537. The Labute approximate surface area is 218 Å². The minimum Gasteiger partial charge on any atom is -0.493 e. The molecular formula is C26H39N5O6. The molecule has 0 spiro atoms. The number of piperazine rings is 1. The molecule has 1 saturated heterocycles. The number of nitrogens with one attached hydrogen (secondary N) is 2. The van der Waals surface area contributed by atoms with E-state index in [1.165, 1.54) is 12.0 Å². The van der Waals surface area contributed by atoms with E-state index in [0.717, 1.165) is 0 Å². The Morgan fingerprint density at radius 1 is 1.16 bits per heavy atom. The Kier molecular flexibility index (Phi) is 9.25. The highest BCUT2D eigenvalue weighted by Gasteiger charge is 2.38. The number of nitrogens with zero attached hydrogens (tertiary/aromatic N) is 3. The Balaban J connectivity index is 1.95. The lowest BCUT2D eigenvalue weighted by molar-refractivity contribution is -0.139. The largest absolute Gasteiger partial charge is 0.493 e. The van der Waals surface area contributed by atoms with E-state index >= 15 is 0 Å². The molecule has 11 heteroatoms. The number of methoxy groups -OCH3 is 2. The summed E-state index contributed by atoms with van der Waals surface area (Å²) in [7, 11) is 4.72. The van der Waals surface area contributed by atoms with Crippen molar-refractivity contribution in [3.05, 3.63) is 35.0 Å². The van der Waals surface area contributed by atoms with Gasteiger partial charge in [0, 0.05) is 51.0 Å². The molecule has 204 valence electrons. The van der Waals surface area contributed by atoms with Gasteiger partial charge in [0.15, 0.2) is 11.5 Å². The molecule has 2 atom stereocenters. The van der Waals surface area contributed by atoms with Gasteiger partial charge in [-0.2, -0.15) is 0 Å². The summed E-state index contributed by atoms with van der Waals surface area (Å²) in [6.45, 7) is 9.90. The lowest BCUT2D eigenvalue weighted by atomic mass is 9.93. The first-order valence-electron chi connectivity index (χ1n) is 12.6. The molecule has 0 aliphatic carbocycles. The summed E-state index contributed by atoms with van der Waals surface area (Å²) >= 11 is 0. The van der Waals surface area contributed by atoms with E-state index in [4.69, 9.17) is 14.2 Å². The van der Waals surface area contributed by atoms with Gasteiger partial charge in [-0.3, -0.25) is 9.80 Å². The molecule has 2 aliphatic rings. The minimum atomic E-state index is -0.729. The molecule has 1 aromatic carbocycles. The molecule has 1 fully saturated rings. The maximum Gasteiger partial charge on any atom is 0.338 e. The first-order chi connectivity index (χ1) is 17.6. The highest BCUT2D eigenvalue weighted by Crippen LogP contribution is 2.36. The van der Waals surface area contributed by atoms with Crippen LogP contribution in [0.5, 0.6) is 11.5 Å². The van der Waals surface area contributed by atoms with Crippen LogP contribution in [-0.2, 0) is 9.53 Å². The predicted molar refractivity (Wildman–Crippen MR) is 139 cm³/mol. The molecule has 3 rings (SSSR count). The summed E-state index contributed by atoms with van der Waals surface area (Å²) in [4.78, 5) is 44.3. The van der Waals surface area contributed by atoms with E-state index in [0.29, 0.717) is 54.5 Å². The van der Waals surface area contributed by atoms with Gasteiger partial charge in [0.25, 0.3) is 0 Å².